The summed E-state index contributed by atoms with van der Waals surface area (Å²) in [6.07, 6.45) is 10.4. The minimum absolute atomic E-state index is 0.00649. The lowest BCUT2D eigenvalue weighted by Gasteiger charge is -2.25. The number of rotatable bonds is 9. The molecule has 32 heavy (non-hydrogen) atoms. The van der Waals surface area contributed by atoms with Gasteiger partial charge in [0, 0.05) is 51.7 Å². The Balaban J connectivity index is 2.21. The fourth-order valence-electron chi connectivity index (χ4n) is 4.21. The first-order valence-corrected chi connectivity index (χ1v) is 13.7. The summed E-state index contributed by atoms with van der Waals surface area (Å²) >= 11 is 7.77. The maximum absolute atomic E-state index is 12.6. The average Bonchev–Trinajstić information content (AvgIpc) is 3.05. The SMILES string of the molecule is C=C/C=C(\C=C(\Cl)CC)SCc1c2n(c3ccnc(S(C)(=O)=O)c13)CCCC2CC(=O)O. The molecule has 3 rings (SSSR count). The van der Waals surface area contributed by atoms with Gasteiger partial charge in [0.1, 0.15) is 0 Å². The van der Waals surface area contributed by atoms with Crippen LogP contribution in [-0.2, 0) is 26.9 Å². The first kappa shape index (κ1) is 24.6. The quantitative estimate of drug-likeness (QED) is 0.454. The van der Waals surface area contributed by atoms with Gasteiger partial charge in [0.2, 0.25) is 0 Å². The van der Waals surface area contributed by atoms with Gasteiger partial charge >= 0.3 is 5.97 Å². The van der Waals surface area contributed by atoms with Crippen molar-refractivity contribution < 1.29 is 18.3 Å². The normalized spacial score (nSPS) is 17.4. The smallest absolute Gasteiger partial charge is 0.304 e. The number of aromatic nitrogens is 2. The Morgan fingerprint density at radius 1 is 1.47 bits per heavy atom. The zero-order chi connectivity index (χ0) is 23.5. The third-order valence-electron chi connectivity index (χ3n) is 5.48. The lowest BCUT2D eigenvalue weighted by molar-refractivity contribution is -0.137. The highest BCUT2D eigenvalue weighted by Crippen LogP contribution is 2.43. The van der Waals surface area contributed by atoms with Gasteiger partial charge in [-0.2, -0.15) is 0 Å². The van der Waals surface area contributed by atoms with Crippen LogP contribution in [0.2, 0.25) is 0 Å². The minimum atomic E-state index is -3.58. The number of fused-ring (bicyclic) bond motifs is 3. The van der Waals surface area contributed by atoms with Crippen LogP contribution in [0.15, 0.2) is 52.0 Å². The Bertz CT molecular complexity index is 1210. The van der Waals surface area contributed by atoms with E-state index in [9.17, 15) is 18.3 Å². The number of halogens is 1. The number of nitrogens with zero attached hydrogens (tertiary/aromatic N) is 2. The topological polar surface area (TPSA) is 89.3 Å². The molecule has 1 aliphatic rings. The van der Waals surface area contributed by atoms with Gasteiger partial charge in [-0.25, -0.2) is 13.4 Å². The predicted molar refractivity (Wildman–Crippen MR) is 131 cm³/mol. The van der Waals surface area contributed by atoms with Crippen molar-refractivity contribution in [1.82, 2.24) is 9.55 Å². The van der Waals surface area contributed by atoms with Gasteiger partial charge in [-0.1, -0.05) is 31.2 Å². The van der Waals surface area contributed by atoms with Crippen molar-refractivity contribution in [1.29, 1.82) is 0 Å². The van der Waals surface area contributed by atoms with E-state index in [2.05, 4.69) is 16.1 Å². The molecule has 9 heteroatoms. The lowest BCUT2D eigenvalue weighted by Crippen LogP contribution is -2.18. The van der Waals surface area contributed by atoms with Gasteiger partial charge in [-0.05, 0) is 43.0 Å². The number of thioether (sulfide) groups is 1. The van der Waals surface area contributed by atoms with Crippen LogP contribution in [0.25, 0.3) is 10.9 Å². The van der Waals surface area contributed by atoms with Crippen LogP contribution in [0.1, 0.15) is 49.8 Å². The van der Waals surface area contributed by atoms with E-state index in [0.717, 1.165) is 47.3 Å². The van der Waals surface area contributed by atoms with Crippen molar-refractivity contribution in [3.63, 3.8) is 0 Å². The molecule has 0 fully saturated rings. The molecule has 0 saturated heterocycles. The molecule has 0 spiro atoms. The second-order valence-corrected chi connectivity index (χ2v) is 11.2. The van der Waals surface area contributed by atoms with E-state index in [0.29, 0.717) is 22.6 Å². The van der Waals surface area contributed by atoms with Crippen LogP contribution in [0.3, 0.4) is 0 Å². The standard InChI is InChI=1S/C23H27ClN2O4S2/c1-4-7-17(13-16(24)5-2)31-14-18-21-19(9-10-25-23(21)32(3,29)30)26-11-6-8-15(22(18)26)12-20(27)28/h4,7,9-10,13,15H,1,5-6,8,11-12,14H2,2-3H3,(H,27,28)/b16-13+,17-7+. The summed E-state index contributed by atoms with van der Waals surface area (Å²) in [7, 11) is -3.58. The molecular weight excluding hydrogens is 468 g/mol. The van der Waals surface area contributed by atoms with E-state index >= 15 is 0 Å². The highest BCUT2D eigenvalue weighted by molar-refractivity contribution is 8.02. The van der Waals surface area contributed by atoms with Gasteiger partial charge in [0.25, 0.3) is 0 Å². The largest absolute Gasteiger partial charge is 0.481 e. The van der Waals surface area contributed by atoms with E-state index in [1.54, 1.807) is 6.08 Å². The monoisotopic (exact) mass is 494 g/mol. The third kappa shape index (κ3) is 5.30. The first-order chi connectivity index (χ1) is 15.2. The van der Waals surface area contributed by atoms with E-state index in [1.165, 1.54) is 18.0 Å². The predicted octanol–water partition coefficient (Wildman–Crippen LogP) is 5.63. The Morgan fingerprint density at radius 2 is 2.22 bits per heavy atom. The molecule has 1 atom stereocenters. The Labute approximate surface area is 198 Å². The third-order valence-corrected chi connectivity index (χ3v) is 7.89. The molecule has 0 aromatic carbocycles. The van der Waals surface area contributed by atoms with E-state index in [4.69, 9.17) is 11.6 Å². The maximum atomic E-state index is 12.6. The summed E-state index contributed by atoms with van der Waals surface area (Å²) in [4.78, 5) is 16.7. The summed E-state index contributed by atoms with van der Waals surface area (Å²) in [6.45, 7) is 6.45. The first-order valence-electron chi connectivity index (χ1n) is 10.4. The van der Waals surface area contributed by atoms with Crippen molar-refractivity contribution in [3.05, 3.63) is 58.3 Å². The Hall–Kier alpha value is -2.03. The minimum Gasteiger partial charge on any atom is -0.481 e. The van der Waals surface area contributed by atoms with Crippen LogP contribution in [0.5, 0.6) is 0 Å². The molecule has 0 amide bonds. The summed E-state index contributed by atoms with van der Waals surface area (Å²) in [6, 6.07) is 1.82. The molecule has 1 N–H and O–H groups in total. The highest BCUT2D eigenvalue weighted by atomic mass is 35.5. The van der Waals surface area contributed by atoms with Gasteiger partial charge in [0.05, 0.1) is 11.9 Å². The van der Waals surface area contributed by atoms with Crippen molar-refractivity contribution in [2.75, 3.05) is 6.26 Å². The zero-order valence-corrected chi connectivity index (χ0v) is 20.6. The summed E-state index contributed by atoms with van der Waals surface area (Å²) < 4.78 is 27.2. The number of carboxylic acids is 1. The lowest BCUT2D eigenvalue weighted by atomic mass is 9.90. The van der Waals surface area contributed by atoms with Crippen molar-refractivity contribution in [2.24, 2.45) is 0 Å². The molecule has 0 bridgehead atoms. The number of pyridine rings is 1. The van der Waals surface area contributed by atoms with Gasteiger partial charge in [-0.3, -0.25) is 4.79 Å². The van der Waals surface area contributed by atoms with Crippen LogP contribution in [0, 0.1) is 0 Å². The molecule has 3 heterocycles. The van der Waals surface area contributed by atoms with Crippen molar-refractivity contribution in [3.8, 4) is 0 Å². The number of allylic oxidation sites excluding steroid dienone is 4. The van der Waals surface area contributed by atoms with Gasteiger partial charge in [-0.15, -0.1) is 11.8 Å². The second kappa shape index (κ2) is 10.3. The molecule has 0 aliphatic carbocycles. The van der Waals surface area contributed by atoms with Crippen molar-refractivity contribution >= 4 is 50.1 Å². The molecule has 2 aromatic heterocycles. The maximum Gasteiger partial charge on any atom is 0.304 e. The number of carbonyl (C=O) groups is 1. The molecule has 2 aromatic rings. The molecule has 6 nitrogen and oxygen atoms in total. The van der Waals surface area contributed by atoms with E-state index in [-0.39, 0.29) is 17.4 Å². The zero-order valence-electron chi connectivity index (χ0n) is 18.2. The van der Waals surface area contributed by atoms with Crippen LogP contribution < -0.4 is 0 Å². The number of carboxylic acid groups (broad SMARTS) is 1. The Kier molecular flexibility index (Phi) is 7.90. The Morgan fingerprint density at radius 3 is 2.84 bits per heavy atom. The fraction of sp³-hybridized carbons (Fsp3) is 0.391. The molecular formula is C23H27ClN2O4S2. The summed E-state index contributed by atoms with van der Waals surface area (Å²) in [5.74, 6) is -0.579. The summed E-state index contributed by atoms with van der Waals surface area (Å²) in [5, 5.41) is 10.8. The number of hydrogen-bond acceptors (Lipinski definition) is 5. The highest BCUT2D eigenvalue weighted by Gasteiger charge is 2.31. The number of hydrogen-bond donors (Lipinski definition) is 1. The van der Waals surface area contributed by atoms with Crippen LogP contribution >= 0.6 is 23.4 Å². The number of sulfone groups is 1. The van der Waals surface area contributed by atoms with Crippen molar-refractivity contribution in [2.45, 2.75) is 55.8 Å². The van der Waals surface area contributed by atoms with Crippen LogP contribution in [0.4, 0.5) is 0 Å². The number of aliphatic carboxylic acids is 1. The van der Waals surface area contributed by atoms with Crippen LogP contribution in [-0.4, -0.2) is 35.3 Å². The van der Waals surface area contributed by atoms with Gasteiger partial charge < -0.3 is 9.67 Å². The van der Waals surface area contributed by atoms with E-state index < -0.39 is 15.8 Å². The van der Waals surface area contributed by atoms with E-state index in [1.807, 2.05) is 25.1 Å². The molecule has 0 radical (unpaired) electrons. The second-order valence-electron chi connectivity index (χ2n) is 7.77. The summed E-state index contributed by atoms with van der Waals surface area (Å²) in [5.41, 5.74) is 2.53. The average molecular weight is 495 g/mol. The molecule has 172 valence electrons. The fourth-order valence-corrected chi connectivity index (χ4v) is 6.26. The van der Waals surface area contributed by atoms with Gasteiger partial charge in [0.15, 0.2) is 14.9 Å². The molecule has 0 saturated carbocycles. The number of aryl methyl sites for hydroxylation is 1. The molecule has 1 unspecified atom stereocenters. The molecule has 1 aliphatic heterocycles.